The van der Waals surface area contributed by atoms with Crippen LogP contribution in [0, 0.1) is 0 Å². The molecule has 0 spiro atoms. The smallest absolute Gasteiger partial charge is 0.399 e. The van der Waals surface area contributed by atoms with Gasteiger partial charge in [-0.3, -0.25) is 0 Å². The number of nitrogens with zero attached hydrogens (tertiary/aromatic N) is 1. The first-order valence-electron chi connectivity index (χ1n) is 7.17. The van der Waals surface area contributed by atoms with Crippen LogP contribution in [0.1, 0.15) is 27.7 Å². The SMILES string of the molecule is CC1(C)OB(c2ccc(N3CC(O)C3)cc2)OC1(C)C. The summed E-state index contributed by atoms with van der Waals surface area (Å²) in [7, 11) is -0.309. The number of aliphatic hydroxyl groups excluding tert-OH is 1. The Morgan fingerprint density at radius 3 is 2.00 bits per heavy atom. The molecule has 5 heteroatoms. The molecule has 0 unspecified atom stereocenters. The van der Waals surface area contributed by atoms with Gasteiger partial charge in [0.1, 0.15) is 0 Å². The maximum Gasteiger partial charge on any atom is 0.494 e. The summed E-state index contributed by atoms with van der Waals surface area (Å²) in [6.45, 7) is 9.67. The molecule has 1 aromatic rings. The van der Waals surface area contributed by atoms with Gasteiger partial charge in [0, 0.05) is 18.8 Å². The van der Waals surface area contributed by atoms with Crippen LogP contribution in [0.3, 0.4) is 0 Å². The summed E-state index contributed by atoms with van der Waals surface area (Å²) in [5, 5.41) is 9.34. The van der Waals surface area contributed by atoms with Crippen molar-refractivity contribution in [2.75, 3.05) is 18.0 Å². The molecule has 0 aromatic heterocycles. The van der Waals surface area contributed by atoms with Crippen LogP contribution in [-0.4, -0.2) is 42.6 Å². The van der Waals surface area contributed by atoms with E-state index in [9.17, 15) is 5.11 Å². The van der Waals surface area contributed by atoms with E-state index in [1.54, 1.807) is 0 Å². The van der Waals surface area contributed by atoms with Gasteiger partial charge in [0.2, 0.25) is 0 Å². The first-order chi connectivity index (χ1) is 9.28. The zero-order valence-corrected chi connectivity index (χ0v) is 12.6. The topological polar surface area (TPSA) is 41.9 Å². The van der Waals surface area contributed by atoms with Crippen molar-refractivity contribution in [3.63, 3.8) is 0 Å². The molecule has 2 aliphatic rings. The quantitative estimate of drug-likeness (QED) is 0.823. The largest absolute Gasteiger partial charge is 0.494 e. The summed E-state index contributed by atoms with van der Waals surface area (Å²) in [6, 6.07) is 8.21. The number of benzene rings is 1. The van der Waals surface area contributed by atoms with Gasteiger partial charge in [0.15, 0.2) is 0 Å². The molecule has 3 rings (SSSR count). The minimum absolute atomic E-state index is 0.183. The Kier molecular flexibility index (Phi) is 3.12. The second kappa shape index (κ2) is 4.48. The van der Waals surface area contributed by atoms with Crippen LogP contribution in [-0.2, 0) is 9.31 Å². The molecule has 0 amide bonds. The number of hydrogen-bond donors (Lipinski definition) is 1. The van der Waals surface area contributed by atoms with Crippen molar-refractivity contribution >= 4 is 18.3 Å². The molecule has 108 valence electrons. The normalized spacial score (nSPS) is 24.9. The third-order valence-electron chi connectivity index (χ3n) is 4.65. The Bertz CT molecular complexity index is 478. The van der Waals surface area contributed by atoms with Crippen LogP contribution in [0.2, 0.25) is 0 Å². The average molecular weight is 275 g/mol. The molecule has 0 bridgehead atoms. The summed E-state index contributed by atoms with van der Waals surface area (Å²) in [5.41, 5.74) is 1.56. The Hall–Kier alpha value is -1.04. The zero-order valence-electron chi connectivity index (χ0n) is 12.6. The second-order valence-electron chi connectivity index (χ2n) is 6.74. The molecule has 2 aliphatic heterocycles. The first-order valence-corrected chi connectivity index (χ1v) is 7.17. The van der Waals surface area contributed by atoms with E-state index in [2.05, 4.69) is 44.7 Å². The molecule has 1 N–H and O–H groups in total. The van der Waals surface area contributed by atoms with Gasteiger partial charge in [-0.1, -0.05) is 12.1 Å². The van der Waals surface area contributed by atoms with Gasteiger partial charge in [-0.2, -0.15) is 0 Å². The van der Waals surface area contributed by atoms with Crippen molar-refractivity contribution in [3.05, 3.63) is 24.3 Å². The van der Waals surface area contributed by atoms with E-state index in [4.69, 9.17) is 9.31 Å². The van der Waals surface area contributed by atoms with Crippen molar-refractivity contribution in [3.8, 4) is 0 Å². The van der Waals surface area contributed by atoms with Gasteiger partial charge in [0.05, 0.1) is 17.3 Å². The number of aliphatic hydroxyl groups is 1. The van der Waals surface area contributed by atoms with Crippen molar-refractivity contribution in [1.29, 1.82) is 0 Å². The Labute approximate surface area is 120 Å². The molecule has 2 fully saturated rings. The van der Waals surface area contributed by atoms with Gasteiger partial charge >= 0.3 is 7.12 Å². The lowest BCUT2D eigenvalue weighted by Crippen LogP contribution is -2.50. The molecule has 4 nitrogen and oxygen atoms in total. The standard InChI is InChI=1S/C15H22BNO3/c1-14(2)15(3,4)20-16(19-14)11-5-7-12(8-6-11)17-9-13(18)10-17/h5-8,13,18H,9-10H2,1-4H3. The molecule has 0 aliphatic carbocycles. The minimum Gasteiger partial charge on any atom is -0.399 e. The summed E-state index contributed by atoms with van der Waals surface area (Å²) in [4.78, 5) is 2.15. The molecule has 20 heavy (non-hydrogen) atoms. The third-order valence-corrected chi connectivity index (χ3v) is 4.65. The predicted molar refractivity (Wildman–Crippen MR) is 80.4 cm³/mol. The minimum atomic E-state index is -0.309. The summed E-state index contributed by atoms with van der Waals surface area (Å²) in [6.07, 6.45) is -0.183. The van der Waals surface area contributed by atoms with Crippen molar-refractivity contribution < 1.29 is 14.4 Å². The summed E-state index contributed by atoms with van der Waals surface area (Å²) in [5.74, 6) is 0. The molecular formula is C15H22BNO3. The fourth-order valence-corrected chi connectivity index (χ4v) is 2.49. The highest BCUT2D eigenvalue weighted by Gasteiger charge is 2.51. The summed E-state index contributed by atoms with van der Waals surface area (Å²) >= 11 is 0. The zero-order chi connectivity index (χ0) is 14.5. The number of β-amino-alcohol motifs (C(OH)–C–C–N with tert-alkyl or cyclic N) is 1. The van der Waals surface area contributed by atoms with Crippen molar-refractivity contribution in [2.45, 2.75) is 45.0 Å². The predicted octanol–water partition coefficient (Wildman–Crippen LogP) is 1.17. The van der Waals surface area contributed by atoms with Crippen LogP contribution in [0.15, 0.2) is 24.3 Å². The maximum atomic E-state index is 9.34. The van der Waals surface area contributed by atoms with Crippen LogP contribution in [0.25, 0.3) is 0 Å². The molecule has 0 saturated carbocycles. The fourth-order valence-electron chi connectivity index (χ4n) is 2.49. The molecule has 0 radical (unpaired) electrons. The van der Waals surface area contributed by atoms with Crippen LogP contribution < -0.4 is 10.4 Å². The van der Waals surface area contributed by atoms with E-state index in [0.717, 1.165) is 24.2 Å². The monoisotopic (exact) mass is 275 g/mol. The second-order valence-corrected chi connectivity index (χ2v) is 6.74. The molecule has 2 saturated heterocycles. The van der Waals surface area contributed by atoms with E-state index in [1.807, 2.05) is 12.1 Å². The molecule has 2 heterocycles. The van der Waals surface area contributed by atoms with Crippen LogP contribution >= 0.6 is 0 Å². The Morgan fingerprint density at radius 1 is 1.05 bits per heavy atom. The van der Waals surface area contributed by atoms with Crippen LogP contribution in [0.4, 0.5) is 5.69 Å². The van der Waals surface area contributed by atoms with E-state index in [-0.39, 0.29) is 24.4 Å². The number of rotatable bonds is 2. The third kappa shape index (κ3) is 2.24. The van der Waals surface area contributed by atoms with Gasteiger partial charge in [-0.25, -0.2) is 0 Å². The highest BCUT2D eigenvalue weighted by molar-refractivity contribution is 6.62. The molecule has 1 aromatic carbocycles. The number of hydrogen-bond acceptors (Lipinski definition) is 4. The highest BCUT2D eigenvalue weighted by atomic mass is 16.7. The van der Waals surface area contributed by atoms with Gasteiger partial charge in [-0.05, 0) is 45.3 Å². The van der Waals surface area contributed by atoms with Gasteiger partial charge in [-0.15, -0.1) is 0 Å². The lowest BCUT2D eigenvalue weighted by atomic mass is 9.79. The first kappa shape index (κ1) is 13.9. The highest BCUT2D eigenvalue weighted by Crippen LogP contribution is 2.36. The van der Waals surface area contributed by atoms with Gasteiger partial charge in [0.25, 0.3) is 0 Å². The van der Waals surface area contributed by atoms with Crippen molar-refractivity contribution in [2.24, 2.45) is 0 Å². The average Bonchev–Trinajstić information content (AvgIpc) is 2.55. The van der Waals surface area contributed by atoms with E-state index >= 15 is 0 Å². The van der Waals surface area contributed by atoms with Crippen LogP contribution in [0.5, 0.6) is 0 Å². The summed E-state index contributed by atoms with van der Waals surface area (Å²) < 4.78 is 12.1. The fraction of sp³-hybridized carbons (Fsp3) is 0.600. The van der Waals surface area contributed by atoms with E-state index in [0.29, 0.717) is 0 Å². The van der Waals surface area contributed by atoms with Crippen molar-refractivity contribution in [1.82, 2.24) is 0 Å². The van der Waals surface area contributed by atoms with E-state index in [1.165, 1.54) is 0 Å². The maximum absolute atomic E-state index is 9.34. The lowest BCUT2D eigenvalue weighted by Gasteiger charge is -2.37. The molecular weight excluding hydrogens is 253 g/mol. The molecule has 0 atom stereocenters. The van der Waals surface area contributed by atoms with E-state index < -0.39 is 0 Å². The van der Waals surface area contributed by atoms with Gasteiger partial charge < -0.3 is 19.3 Å². The lowest BCUT2D eigenvalue weighted by molar-refractivity contribution is 0.00578. The Balaban J connectivity index is 1.73. The Morgan fingerprint density at radius 2 is 1.55 bits per heavy atom. The number of anilines is 1.